The standard InChI is InChI=1S/C16H26ClN3O.HI/c1-4-16(21,5-2)12-20-15(18-6-3)19-11-13-9-7-8-10-14(13)17;/h7-10,21H,4-6,11-12H2,1-3H3,(H2,18,19,20);1H. The van der Waals surface area contributed by atoms with E-state index < -0.39 is 5.60 Å². The first-order valence-electron chi connectivity index (χ1n) is 7.52. The number of hydrogen-bond acceptors (Lipinski definition) is 2. The number of hydrogen-bond donors (Lipinski definition) is 3. The van der Waals surface area contributed by atoms with E-state index in [1.165, 1.54) is 0 Å². The fraction of sp³-hybridized carbons (Fsp3) is 0.562. The number of benzene rings is 1. The number of rotatable bonds is 7. The van der Waals surface area contributed by atoms with Crippen molar-refractivity contribution in [1.82, 2.24) is 10.6 Å². The van der Waals surface area contributed by atoms with Crippen molar-refractivity contribution in [3.8, 4) is 0 Å². The van der Waals surface area contributed by atoms with Crippen molar-refractivity contribution in [3.05, 3.63) is 34.9 Å². The van der Waals surface area contributed by atoms with Gasteiger partial charge in [0.05, 0.1) is 12.1 Å². The van der Waals surface area contributed by atoms with Crippen molar-refractivity contribution in [2.24, 2.45) is 4.99 Å². The van der Waals surface area contributed by atoms with Gasteiger partial charge in [-0.2, -0.15) is 0 Å². The van der Waals surface area contributed by atoms with Gasteiger partial charge in [-0.3, -0.25) is 0 Å². The second kappa shape index (κ2) is 11.1. The predicted molar refractivity (Wildman–Crippen MR) is 105 cm³/mol. The molecule has 0 saturated carbocycles. The van der Waals surface area contributed by atoms with Crippen LogP contribution in [0.2, 0.25) is 5.02 Å². The number of guanidine groups is 1. The van der Waals surface area contributed by atoms with Crippen LogP contribution in [0.3, 0.4) is 0 Å². The Morgan fingerprint density at radius 2 is 1.82 bits per heavy atom. The molecule has 4 nitrogen and oxygen atoms in total. The fourth-order valence-electron chi connectivity index (χ4n) is 1.88. The summed E-state index contributed by atoms with van der Waals surface area (Å²) in [6.45, 7) is 7.74. The Labute approximate surface area is 155 Å². The van der Waals surface area contributed by atoms with E-state index in [0.29, 0.717) is 31.9 Å². The highest BCUT2D eigenvalue weighted by atomic mass is 127. The first-order valence-corrected chi connectivity index (χ1v) is 7.90. The van der Waals surface area contributed by atoms with Crippen molar-refractivity contribution in [2.75, 3.05) is 13.1 Å². The molecule has 0 atom stereocenters. The van der Waals surface area contributed by atoms with Gasteiger partial charge in [0.1, 0.15) is 0 Å². The minimum absolute atomic E-state index is 0. The summed E-state index contributed by atoms with van der Waals surface area (Å²) in [4.78, 5) is 4.52. The molecule has 0 heterocycles. The second-order valence-corrected chi connectivity index (χ2v) is 5.48. The van der Waals surface area contributed by atoms with Gasteiger partial charge in [-0.1, -0.05) is 43.6 Å². The molecule has 6 heteroatoms. The third kappa shape index (κ3) is 7.15. The monoisotopic (exact) mass is 439 g/mol. The SMILES string of the molecule is CCNC(=NCc1ccccc1Cl)NCC(O)(CC)CC.I. The number of halogens is 2. The zero-order chi connectivity index (χ0) is 15.7. The van der Waals surface area contributed by atoms with Gasteiger partial charge in [-0.05, 0) is 31.4 Å². The molecule has 0 aliphatic rings. The zero-order valence-electron chi connectivity index (χ0n) is 13.5. The summed E-state index contributed by atoms with van der Waals surface area (Å²) >= 11 is 6.13. The average molecular weight is 440 g/mol. The molecule has 0 radical (unpaired) electrons. The fourth-order valence-corrected chi connectivity index (χ4v) is 2.08. The molecule has 0 unspecified atom stereocenters. The summed E-state index contributed by atoms with van der Waals surface area (Å²) in [5, 5.41) is 17.4. The summed E-state index contributed by atoms with van der Waals surface area (Å²) in [6, 6.07) is 7.68. The molecule has 0 saturated heterocycles. The van der Waals surface area contributed by atoms with Crippen LogP contribution in [-0.2, 0) is 6.54 Å². The van der Waals surface area contributed by atoms with Crippen molar-refractivity contribution < 1.29 is 5.11 Å². The molecule has 126 valence electrons. The van der Waals surface area contributed by atoms with Gasteiger partial charge in [0.2, 0.25) is 0 Å². The van der Waals surface area contributed by atoms with Crippen molar-refractivity contribution in [2.45, 2.75) is 45.8 Å². The largest absolute Gasteiger partial charge is 0.388 e. The van der Waals surface area contributed by atoms with E-state index in [-0.39, 0.29) is 24.0 Å². The Morgan fingerprint density at radius 3 is 2.36 bits per heavy atom. The van der Waals surface area contributed by atoms with Gasteiger partial charge in [-0.25, -0.2) is 4.99 Å². The molecule has 0 fully saturated rings. The number of aliphatic hydroxyl groups is 1. The number of nitrogens with zero attached hydrogens (tertiary/aromatic N) is 1. The van der Waals surface area contributed by atoms with Crippen molar-refractivity contribution in [3.63, 3.8) is 0 Å². The van der Waals surface area contributed by atoms with Gasteiger partial charge in [-0.15, -0.1) is 24.0 Å². The third-order valence-corrected chi connectivity index (χ3v) is 3.98. The minimum Gasteiger partial charge on any atom is -0.388 e. The molecule has 0 amide bonds. The summed E-state index contributed by atoms with van der Waals surface area (Å²) in [5.74, 6) is 0.692. The molecule has 0 aliphatic heterocycles. The van der Waals surface area contributed by atoms with E-state index in [0.717, 1.165) is 17.1 Å². The second-order valence-electron chi connectivity index (χ2n) is 5.07. The summed E-state index contributed by atoms with van der Waals surface area (Å²) in [7, 11) is 0. The van der Waals surface area contributed by atoms with E-state index in [9.17, 15) is 5.11 Å². The molecule has 0 spiro atoms. The van der Waals surface area contributed by atoms with Crippen molar-refractivity contribution in [1.29, 1.82) is 0 Å². The lowest BCUT2D eigenvalue weighted by atomic mass is 9.98. The maximum absolute atomic E-state index is 10.3. The topological polar surface area (TPSA) is 56.7 Å². The van der Waals surface area contributed by atoms with Crippen LogP contribution in [0.5, 0.6) is 0 Å². The maximum atomic E-state index is 10.3. The highest BCUT2D eigenvalue weighted by Gasteiger charge is 2.22. The predicted octanol–water partition coefficient (Wildman–Crippen LogP) is 3.56. The summed E-state index contributed by atoms with van der Waals surface area (Å²) in [6.07, 6.45) is 1.42. The maximum Gasteiger partial charge on any atom is 0.191 e. The highest BCUT2D eigenvalue weighted by Crippen LogP contribution is 2.16. The molecule has 0 aromatic heterocycles. The smallest absolute Gasteiger partial charge is 0.191 e. The first-order chi connectivity index (χ1) is 10.0. The Hall–Kier alpha value is -0.530. The van der Waals surface area contributed by atoms with Gasteiger partial charge >= 0.3 is 0 Å². The van der Waals surface area contributed by atoms with Gasteiger partial charge < -0.3 is 15.7 Å². The molecule has 1 rings (SSSR count). The summed E-state index contributed by atoms with van der Waals surface area (Å²) < 4.78 is 0. The Kier molecular flexibility index (Phi) is 10.8. The zero-order valence-corrected chi connectivity index (χ0v) is 16.6. The molecular formula is C16H27ClIN3O. The van der Waals surface area contributed by atoms with E-state index >= 15 is 0 Å². The third-order valence-electron chi connectivity index (χ3n) is 3.61. The molecule has 1 aromatic carbocycles. The lowest BCUT2D eigenvalue weighted by molar-refractivity contribution is 0.0367. The van der Waals surface area contributed by atoms with Crippen LogP contribution in [0.4, 0.5) is 0 Å². The molecule has 22 heavy (non-hydrogen) atoms. The molecule has 3 N–H and O–H groups in total. The molecule has 0 aliphatic carbocycles. The van der Waals surface area contributed by atoms with E-state index in [4.69, 9.17) is 11.6 Å². The Morgan fingerprint density at radius 1 is 1.18 bits per heavy atom. The minimum atomic E-state index is -0.694. The average Bonchev–Trinajstić information content (AvgIpc) is 2.51. The molecule has 0 bridgehead atoms. The van der Waals surface area contributed by atoms with Crippen LogP contribution in [0.25, 0.3) is 0 Å². The lowest BCUT2D eigenvalue weighted by Gasteiger charge is -2.26. The molecular weight excluding hydrogens is 413 g/mol. The molecule has 1 aromatic rings. The van der Waals surface area contributed by atoms with Crippen LogP contribution in [0, 0.1) is 0 Å². The van der Waals surface area contributed by atoms with E-state index in [1.54, 1.807) is 0 Å². The Balaban J connectivity index is 0.00000441. The van der Waals surface area contributed by atoms with Gasteiger partial charge in [0, 0.05) is 18.1 Å². The number of nitrogens with one attached hydrogen (secondary N) is 2. The van der Waals surface area contributed by atoms with E-state index in [2.05, 4.69) is 15.6 Å². The number of aliphatic imine (C=N–C) groups is 1. The van der Waals surface area contributed by atoms with Crippen molar-refractivity contribution >= 4 is 41.5 Å². The normalized spacial score (nSPS) is 11.8. The first kappa shape index (κ1) is 21.5. The quantitative estimate of drug-likeness (QED) is 0.346. The van der Waals surface area contributed by atoms with Crippen LogP contribution in [0.15, 0.2) is 29.3 Å². The highest BCUT2D eigenvalue weighted by molar-refractivity contribution is 14.0. The van der Waals surface area contributed by atoms with Crippen LogP contribution >= 0.6 is 35.6 Å². The van der Waals surface area contributed by atoms with Gasteiger partial charge in [0.15, 0.2) is 5.96 Å². The Bertz CT molecular complexity index is 464. The van der Waals surface area contributed by atoms with Gasteiger partial charge in [0.25, 0.3) is 0 Å². The van der Waals surface area contributed by atoms with Crippen LogP contribution in [-0.4, -0.2) is 29.8 Å². The van der Waals surface area contributed by atoms with E-state index in [1.807, 2.05) is 45.0 Å². The van der Waals surface area contributed by atoms with Crippen LogP contribution < -0.4 is 10.6 Å². The van der Waals surface area contributed by atoms with Crippen LogP contribution in [0.1, 0.15) is 39.2 Å². The lowest BCUT2D eigenvalue weighted by Crippen LogP contribution is -2.46. The summed E-state index contributed by atoms with van der Waals surface area (Å²) in [5.41, 5.74) is 0.290.